The average Bonchev–Trinajstić information content (AvgIpc) is 3.39. The minimum absolute atomic E-state index is 0.132. The summed E-state index contributed by atoms with van der Waals surface area (Å²) in [6.07, 6.45) is 0. The first kappa shape index (κ1) is 26.0. The van der Waals surface area contributed by atoms with Crippen molar-refractivity contribution < 1.29 is 27.5 Å². The second-order valence-electron chi connectivity index (χ2n) is 8.95. The van der Waals surface area contributed by atoms with E-state index in [1.165, 1.54) is 23.1 Å². The molecule has 39 heavy (non-hydrogen) atoms. The average molecular weight is 535 g/mol. The van der Waals surface area contributed by atoms with Crippen LogP contribution in [0.2, 0.25) is 0 Å². The van der Waals surface area contributed by atoms with Gasteiger partial charge in [-0.2, -0.15) is 5.10 Å². The van der Waals surface area contributed by atoms with E-state index in [9.17, 15) is 22.8 Å². The Balaban J connectivity index is 1.34. The Bertz CT molecular complexity index is 1480. The molecule has 1 aliphatic heterocycles. The lowest BCUT2D eigenvalue weighted by molar-refractivity contribution is 0.0518. The van der Waals surface area contributed by atoms with Crippen LogP contribution >= 0.6 is 0 Å². The molecule has 1 amide bonds. The summed E-state index contributed by atoms with van der Waals surface area (Å²) in [4.78, 5) is 28.6. The van der Waals surface area contributed by atoms with Crippen molar-refractivity contribution in [1.82, 2.24) is 14.7 Å². The molecule has 3 aromatic carbocycles. The van der Waals surface area contributed by atoms with E-state index in [0.717, 1.165) is 23.4 Å². The van der Waals surface area contributed by atoms with Crippen molar-refractivity contribution in [3.05, 3.63) is 102 Å². The van der Waals surface area contributed by atoms with Crippen LogP contribution in [-0.4, -0.2) is 59.3 Å². The third-order valence-electron chi connectivity index (χ3n) is 6.54. The molecule has 0 spiro atoms. The summed E-state index contributed by atoms with van der Waals surface area (Å²) in [6.45, 7) is 3.52. The van der Waals surface area contributed by atoms with Gasteiger partial charge in [0.25, 0.3) is 5.91 Å². The van der Waals surface area contributed by atoms with Gasteiger partial charge in [-0.15, -0.1) is 0 Å². The van der Waals surface area contributed by atoms with Gasteiger partial charge in [-0.05, 0) is 61.5 Å². The Hall–Kier alpha value is -4.60. The van der Waals surface area contributed by atoms with E-state index in [1.807, 2.05) is 24.3 Å². The van der Waals surface area contributed by atoms with Crippen molar-refractivity contribution >= 4 is 17.6 Å². The van der Waals surface area contributed by atoms with Crippen LogP contribution < -0.4 is 4.90 Å². The SMILES string of the molecule is CCOC(=O)c1cc(-c2ccc(N3CCN(C(=O)c4c(F)cccc4F)CC3)cc2)n(-c2ccc(F)cc2)n1. The molecule has 0 N–H and O–H groups in total. The smallest absolute Gasteiger partial charge is 0.358 e. The van der Waals surface area contributed by atoms with Crippen LogP contribution in [0.4, 0.5) is 18.9 Å². The number of benzene rings is 3. The molecular formula is C29H25F3N4O3. The molecule has 1 aliphatic rings. The number of hydrogen-bond donors (Lipinski definition) is 0. The lowest BCUT2D eigenvalue weighted by Crippen LogP contribution is -2.49. The molecule has 0 radical (unpaired) electrons. The summed E-state index contributed by atoms with van der Waals surface area (Å²) >= 11 is 0. The predicted molar refractivity (Wildman–Crippen MR) is 139 cm³/mol. The number of piperazine rings is 1. The molecule has 200 valence electrons. The predicted octanol–water partition coefficient (Wildman–Crippen LogP) is 5.10. The first-order valence-electron chi connectivity index (χ1n) is 12.5. The van der Waals surface area contributed by atoms with Gasteiger partial charge in [-0.1, -0.05) is 18.2 Å². The van der Waals surface area contributed by atoms with Crippen LogP contribution in [-0.2, 0) is 4.74 Å². The highest BCUT2D eigenvalue weighted by atomic mass is 19.1. The van der Waals surface area contributed by atoms with Crippen molar-refractivity contribution in [2.24, 2.45) is 0 Å². The summed E-state index contributed by atoms with van der Waals surface area (Å²) in [6, 6.07) is 18.4. The summed E-state index contributed by atoms with van der Waals surface area (Å²) in [5, 5.41) is 4.40. The molecule has 0 atom stereocenters. The molecule has 10 heteroatoms. The Kier molecular flexibility index (Phi) is 7.36. The van der Waals surface area contributed by atoms with Gasteiger partial charge in [0.05, 0.1) is 18.0 Å². The van der Waals surface area contributed by atoms with Crippen LogP contribution in [0.5, 0.6) is 0 Å². The van der Waals surface area contributed by atoms with Gasteiger partial charge < -0.3 is 14.5 Å². The Morgan fingerprint density at radius 3 is 2.08 bits per heavy atom. The van der Waals surface area contributed by atoms with Crippen molar-refractivity contribution in [2.75, 3.05) is 37.7 Å². The number of rotatable bonds is 6. The Morgan fingerprint density at radius 1 is 0.846 bits per heavy atom. The van der Waals surface area contributed by atoms with Gasteiger partial charge in [-0.25, -0.2) is 22.6 Å². The number of carbonyl (C=O) groups excluding carboxylic acids is 2. The number of aromatic nitrogens is 2. The topological polar surface area (TPSA) is 67.7 Å². The molecule has 1 saturated heterocycles. The number of anilines is 1. The number of amides is 1. The highest BCUT2D eigenvalue weighted by molar-refractivity contribution is 5.95. The standard InChI is InChI=1S/C29H25F3N4O3/c1-2-39-29(38)25-18-26(36(33-25)22-12-8-20(30)9-13-22)19-6-10-21(11-7-19)34-14-16-35(17-15-34)28(37)27-23(31)4-3-5-24(27)32/h3-13,18H,2,14-17H2,1H3. The number of nitrogens with zero attached hydrogens (tertiary/aromatic N) is 4. The van der Waals surface area contributed by atoms with Crippen molar-refractivity contribution in [1.29, 1.82) is 0 Å². The minimum atomic E-state index is -0.871. The van der Waals surface area contributed by atoms with Gasteiger partial charge in [-0.3, -0.25) is 4.79 Å². The second kappa shape index (κ2) is 11.0. The minimum Gasteiger partial charge on any atom is -0.461 e. The van der Waals surface area contributed by atoms with Crippen molar-refractivity contribution in [2.45, 2.75) is 6.92 Å². The number of esters is 1. The highest BCUT2D eigenvalue weighted by Crippen LogP contribution is 2.28. The molecule has 1 aromatic heterocycles. The molecule has 4 aromatic rings. The molecule has 7 nitrogen and oxygen atoms in total. The van der Waals surface area contributed by atoms with Gasteiger partial charge >= 0.3 is 5.97 Å². The summed E-state index contributed by atoms with van der Waals surface area (Å²) < 4.78 is 48.3. The molecule has 0 aliphatic carbocycles. The molecular weight excluding hydrogens is 509 g/mol. The first-order valence-corrected chi connectivity index (χ1v) is 12.5. The fourth-order valence-electron chi connectivity index (χ4n) is 4.54. The summed E-state index contributed by atoms with van der Waals surface area (Å²) in [7, 11) is 0. The Morgan fingerprint density at radius 2 is 1.46 bits per heavy atom. The normalized spacial score (nSPS) is 13.4. The molecule has 0 bridgehead atoms. The van der Waals surface area contributed by atoms with Crippen molar-refractivity contribution in [3.8, 4) is 16.9 Å². The van der Waals surface area contributed by atoms with Crippen LogP contribution in [0.25, 0.3) is 16.9 Å². The molecule has 2 heterocycles. The van der Waals surface area contributed by atoms with Crippen molar-refractivity contribution in [3.63, 3.8) is 0 Å². The molecule has 0 unspecified atom stereocenters. The molecule has 5 rings (SSSR count). The molecule has 1 fully saturated rings. The zero-order valence-electron chi connectivity index (χ0n) is 21.1. The largest absolute Gasteiger partial charge is 0.461 e. The maximum Gasteiger partial charge on any atom is 0.358 e. The van der Waals surface area contributed by atoms with Gasteiger partial charge in [0, 0.05) is 37.4 Å². The first-order chi connectivity index (χ1) is 18.9. The maximum absolute atomic E-state index is 14.1. The van der Waals surface area contributed by atoms with E-state index in [0.29, 0.717) is 37.6 Å². The highest BCUT2D eigenvalue weighted by Gasteiger charge is 2.27. The monoisotopic (exact) mass is 534 g/mol. The zero-order valence-corrected chi connectivity index (χ0v) is 21.1. The van der Waals surface area contributed by atoms with E-state index >= 15 is 0 Å². The fourth-order valence-corrected chi connectivity index (χ4v) is 4.54. The van der Waals surface area contributed by atoms with Crippen LogP contribution in [0.15, 0.2) is 72.8 Å². The third kappa shape index (κ3) is 5.36. The van der Waals surface area contributed by atoms with E-state index in [-0.39, 0.29) is 18.1 Å². The van der Waals surface area contributed by atoms with Gasteiger partial charge in [0.2, 0.25) is 0 Å². The summed E-state index contributed by atoms with van der Waals surface area (Å²) in [5.74, 6) is -3.35. The van der Waals surface area contributed by atoms with Crippen LogP contribution in [0.3, 0.4) is 0 Å². The van der Waals surface area contributed by atoms with E-state index in [1.54, 1.807) is 29.8 Å². The lowest BCUT2D eigenvalue weighted by atomic mass is 10.1. The quantitative estimate of drug-likeness (QED) is 0.322. The van der Waals surface area contributed by atoms with E-state index < -0.39 is 29.1 Å². The fraction of sp³-hybridized carbons (Fsp3) is 0.207. The van der Waals surface area contributed by atoms with Crippen LogP contribution in [0, 0.1) is 17.5 Å². The number of carbonyl (C=O) groups is 2. The van der Waals surface area contributed by atoms with E-state index in [2.05, 4.69) is 10.00 Å². The Labute approximate surface area is 223 Å². The van der Waals surface area contributed by atoms with Gasteiger partial charge in [0.15, 0.2) is 5.69 Å². The number of halogens is 3. The maximum atomic E-state index is 14.1. The zero-order chi connectivity index (χ0) is 27.5. The van der Waals surface area contributed by atoms with E-state index in [4.69, 9.17) is 4.74 Å². The number of ether oxygens (including phenoxy) is 1. The molecule has 0 saturated carbocycles. The lowest BCUT2D eigenvalue weighted by Gasteiger charge is -2.36. The second-order valence-corrected chi connectivity index (χ2v) is 8.95. The third-order valence-corrected chi connectivity index (χ3v) is 6.54. The van der Waals surface area contributed by atoms with Crippen LogP contribution in [0.1, 0.15) is 27.8 Å². The summed E-state index contributed by atoms with van der Waals surface area (Å²) in [5.41, 5.74) is 2.48. The number of hydrogen-bond acceptors (Lipinski definition) is 5. The van der Waals surface area contributed by atoms with Gasteiger partial charge in [0.1, 0.15) is 23.0 Å².